The van der Waals surface area contributed by atoms with E-state index >= 15 is 0 Å². The Labute approximate surface area is 105 Å². The SMILES string of the molecule is NS(=O)(=O)CCCNC(=O)NC1(C(=O)O)CCC1. The monoisotopic (exact) mass is 279 g/mol. The molecule has 0 heterocycles. The van der Waals surface area contributed by atoms with Gasteiger partial charge in [0.05, 0.1) is 5.75 Å². The van der Waals surface area contributed by atoms with E-state index in [1.165, 1.54) is 0 Å². The van der Waals surface area contributed by atoms with Crippen molar-refractivity contribution in [1.29, 1.82) is 0 Å². The van der Waals surface area contributed by atoms with Crippen LogP contribution in [0.15, 0.2) is 0 Å². The topological polar surface area (TPSA) is 139 Å². The molecule has 0 radical (unpaired) electrons. The molecular formula is C9H17N3O5S. The third-order valence-corrected chi connectivity index (χ3v) is 3.72. The summed E-state index contributed by atoms with van der Waals surface area (Å²) < 4.78 is 21.2. The highest BCUT2D eigenvalue weighted by Crippen LogP contribution is 2.31. The minimum atomic E-state index is -3.53. The molecule has 1 saturated carbocycles. The lowest BCUT2D eigenvalue weighted by Crippen LogP contribution is -2.61. The maximum absolute atomic E-state index is 11.4. The van der Waals surface area contributed by atoms with Gasteiger partial charge in [0.25, 0.3) is 0 Å². The second kappa shape index (κ2) is 5.53. The Morgan fingerprint density at radius 2 is 1.94 bits per heavy atom. The fraction of sp³-hybridized carbons (Fsp3) is 0.778. The summed E-state index contributed by atoms with van der Waals surface area (Å²) in [6.07, 6.45) is 1.77. The number of aliphatic carboxylic acids is 1. The highest BCUT2D eigenvalue weighted by atomic mass is 32.2. The number of urea groups is 1. The Kier molecular flexibility index (Phi) is 4.52. The molecule has 2 amide bonds. The van der Waals surface area contributed by atoms with Gasteiger partial charge < -0.3 is 15.7 Å². The van der Waals surface area contributed by atoms with Crippen LogP contribution in [0, 0.1) is 0 Å². The second-order valence-corrected chi connectivity index (χ2v) is 6.08. The van der Waals surface area contributed by atoms with Crippen molar-refractivity contribution in [3.05, 3.63) is 0 Å². The number of hydrogen-bond acceptors (Lipinski definition) is 4. The summed E-state index contributed by atoms with van der Waals surface area (Å²) in [6.45, 7) is 0.123. The highest BCUT2D eigenvalue weighted by Gasteiger charge is 2.45. The summed E-state index contributed by atoms with van der Waals surface area (Å²) in [5, 5.41) is 18.6. The number of carbonyl (C=O) groups is 2. The van der Waals surface area contributed by atoms with E-state index in [1.54, 1.807) is 0 Å². The van der Waals surface area contributed by atoms with Gasteiger partial charge in [0.1, 0.15) is 5.54 Å². The molecular weight excluding hydrogens is 262 g/mol. The molecule has 0 atom stereocenters. The summed E-state index contributed by atoms with van der Waals surface area (Å²) in [6, 6.07) is -0.605. The van der Waals surface area contributed by atoms with Crippen LogP contribution in [0.1, 0.15) is 25.7 Å². The number of nitrogens with one attached hydrogen (secondary N) is 2. The molecule has 0 aromatic carbocycles. The minimum absolute atomic E-state index is 0.123. The van der Waals surface area contributed by atoms with E-state index in [-0.39, 0.29) is 18.7 Å². The van der Waals surface area contributed by atoms with Gasteiger partial charge in [-0.3, -0.25) is 0 Å². The zero-order chi connectivity index (χ0) is 13.8. The summed E-state index contributed by atoms with van der Waals surface area (Å²) >= 11 is 0. The van der Waals surface area contributed by atoms with E-state index in [1.807, 2.05) is 0 Å². The number of primary sulfonamides is 1. The van der Waals surface area contributed by atoms with E-state index in [0.29, 0.717) is 12.8 Å². The smallest absolute Gasteiger partial charge is 0.329 e. The molecule has 18 heavy (non-hydrogen) atoms. The van der Waals surface area contributed by atoms with Crippen molar-refractivity contribution in [2.45, 2.75) is 31.2 Å². The molecule has 104 valence electrons. The quantitative estimate of drug-likeness (QED) is 0.460. The Bertz CT molecular complexity index is 429. The normalized spacial score (nSPS) is 17.6. The van der Waals surface area contributed by atoms with E-state index in [2.05, 4.69) is 10.6 Å². The molecule has 0 unspecified atom stereocenters. The van der Waals surface area contributed by atoms with E-state index in [4.69, 9.17) is 10.2 Å². The van der Waals surface area contributed by atoms with Gasteiger partial charge in [0.15, 0.2) is 0 Å². The maximum Gasteiger partial charge on any atom is 0.329 e. The minimum Gasteiger partial charge on any atom is -0.480 e. The highest BCUT2D eigenvalue weighted by molar-refractivity contribution is 7.89. The van der Waals surface area contributed by atoms with Crippen LogP contribution >= 0.6 is 0 Å². The molecule has 0 aliphatic heterocycles. The Morgan fingerprint density at radius 1 is 1.33 bits per heavy atom. The number of rotatable bonds is 6. The first kappa shape index (κ1) is 14.7. The van der Waals surface area contributed by atoms with Gasteiger partial charge in [-0.1, -0.05) is 0 Å². The molecule has 1 rings (SSSR count). The van der Waals surface area contributed by atoms with Crippen LogP contribution in [0.3, 0.4) is 0 Å². The number of hydrogen-bond donors (Lipinski definition) is 4. The first-order valence-corrected chi connectivity index (χ1v) is 7.27. The molecule has 8 nitrogen and oxygen atoms in total. The van der Waals surface area contributed by atoms with Crippen LogP contribution in [-0.2, 0) is 14.8 Å². The second-order valence-electron chi connectivity index (χ2n) is 4.34. The first-order chi connectivity index (χ1) is 8.25. The molecule has 0 aromatic rings. The van der Waals surface area contributed by atoms with Crippen molar-refractivity contribution in [3.63, 3.8) is 0 Å². The zero-order valence-corrected chi connectivity index (χ0v) is 10.6. The van der Waals surface area contributed by atoms with E-state index < -0.39 is 27.6 Å². The molecule has 0 bridgehead atoms. The number of carbonyl (C=O) groups excluding carboxylic acids is 1. The van der Waals surface area contributed by atoms with Crippen molar-refractivity contribution in [3.8, 4) is 0 Å². The molecule has 0 saturated heterocycles. The van der Waals surface area contributed by atoms with Crippen molar-refractivity contribution >= 4 is 22.0 Å². The van der Waals surface area contributed by atoms with Gasteiger partial charge in [-0.05, 0) is 25.7 Å². The molecule has 5 N–H and O–H groups in total. The fourth-order valence-corrected chi connectivity index (χ4v) is 2.21. The first-order valence-electron chi connectivity index (χ1n) is 5.55. The third kappa shape index (κ3) is 4.15. The van der Waals surface area contributed by atoms with Gasteiger partial charge in [0.2, 0.25) is 10.0 Å². The average molecular weight is 279 g/mol. The van der Waals surface area contributed by atoms with Crippen LogP contribution in [-0.4, -0.2) is 43.4 Å². The van der Waals surface area contributed by atoms with Gasteiger partial charge in [-0.25, -0.2) is 23.1 Å². The number of carboxylic acids is 1. The fourth-order valence-electron chi connectivity index (χ4n) is 1.66. The number of amides is 2. The lowest BCUT2D eigenvalue weighted by Gasteiger charge is -2.38. The van der Waals surface area contributed by atoms with Gasteiger partial charge in [-0.15, -0.1) is 0 Å². The van der Waals surface area contributed by atoms with Gasteiger partial charge in [-0.2, -0.15) is 0 Å². The van der Waals surface area contributed by atoms with Crippen LogP contribution in [0.2, 0.25) is 0 Å². The van der Waals surface area contributed by atoms with Crippen LogP contribution < -0.4 is 15.8 Å². The van der Waals surface area contributed by atoms with Crippen LogP contribution in [0.4, 0.5) is 4.79 Å². The van der Waals surface area contributed by atoms with Gasteiger partial charge >= 0.3 is 12.0 Å². The average Bonchev–Trinajstić information content (AvgIpc) is 2.16. The van der Waals surface area contributed by atoms with Crippen molar-refractivity contribution in [2.24, 2.45) is 5.14 Å². The zero-order valence-electron chi connectivity index (χ0n) is 9.81. The molecule has 1 aliphatic rings. The molecule has 0 aromatic heterocycles. The lowest BCUT2D eigenvalue weighted by molar-refractivity contribution is -0.148. The van der Waals surface area contributed by atoms with E-state index in [0.717, 1.165) is 6.42 Å². The Hall–Kier alpha value is -1.35. The molecule has 1 aliphatic carbocycles. The predicted molar refractivity (Wildman–Crippen MR) is 63.3 cm³/mol. The van der Waals surface area contributed by atoms with Crippen LogP contribution in [0.25, 0.3) is 0 Å². The molecule has 1 fully saturated rings. The summed E-state index contributed by atoms with van der Waals surface area (Å²) in [5.74, 6) is -1.27. The Balaban J connectivity index is 2.28. The number of nitrogens with two attached hydrogens (primary N) is 1. The summed E-state index contributed by atoms with van der Waals surface area (Å²) in [4.78, 5) is 22.4. The summed E-state index contributed by atoms with van der Waals surface area (Å²) in [7, 11) is -3.53. The number of sulfonamides is 1. The maximum atomic E-state index is 11.4. The number of carboxylic acid groups (broad SMARTS) is 1. The predicted octanol–water partition coefficient (Wildman–Crippen LogP) is -1.03. The van der Waals surface area contributed by atoms with Gasteiger partial charge in [0, 0.05) is 6.54 Å². The van der Waals surface area contributed by atoms with E-state index in [9.17, 15) is 18.0 Å². The lowest BCUT2D eigenvalue weighted by atomic mass is 9.77. The third-order valence-electron chi connectivity index (χ3n) is 2.86. The molecule has 0 spiro atoms. The standard InChI is InChI=1S/C9H17N3O5S/c10-18(16,17)6-2-5-11-8(15)12-9(7(13)14)3-1-4-9/h1-6H2,(H,13,14)(H2,10,16,17)(H2,11,12,15). The summed E-state index contributed by atoms with van der Waals surface area (Å²) in [5.41, 5.74) is -1.16. The van der Waals surface area contributed by atoms with Crippen molar-refractivity contribution in [2.75, 3.05) is 12.3 Å². The molecule has 9 heteroatoms. The van der Waals surface area contributed by atoms with Crippen molar-refractivity contribution < 1.29 is 23.1 Å². The largest absolute Gasteiger partial charge is 0.480 e. The Morgan fingerprint density at radius 3 is 2.33 bits per heavy atom. The van der Waals surface area contributed by atoms with Crippen molar-refractivity contribution in [1.82, 2.24) is 10.6 Å². The van der Waals surface area contributed by atoms with Crippen LogP contribution in [0.5, 0.6) is 0 Å².